The molecule has 1 amide bonds. The van der Waals surface area contributed by atoms with E-state index in [-0.39, 0.29) is 18.6 Å². The molecule has 0 saturated carbocycles. The minimum atomic E-state index is 0.0841. The Kier molecular flexibility index (Phi) is 3.63. The fourth-order valence-corrected chi connectivity index (χ4v) is 2.78. The average molecular weight is 273 g/mol. The van der Waals surface area contributed by atoms with Crippen molar-refractivity contribution in [2.45, 2.75) is 38.5 Å². The van der Waals surface area contributed by atoms with Gasteiger partial charge in [0, 0.05) is 18.2 Å². The topological polar surface area (TPSA) is 47.6 Å². The first-order valence-electron chi connectivity index (χ1n) is 7.16. The number of hydrogen-bond acceptors (Lipinski definition) is 3. The third kappa shape index (κ3) is 2.50. The Balaban J connectivity index is 1.83. The van der Waals surface area contributed by atoms with Crippen molar-refractivity contribution in [1.29, 1.82) is 0 Å². The number of hydrogen-bond donors (Lipinski definition) is 1. The second-order valence-corrected chi connectivity index (χ2v) is 5.20. The highest BCUT2D eigenvalue weighted by Crippen LogP contribution is 2.43. The van der Waals surface area contributed by atoms with Crippen LogP contribution in [0, 0.1) is 0 Å². The summed E-state index contributed by atoms with van der Waals surface area (Å²) in [6.07, 6.45) is 7.95. The van der Waals surface area contributed by atoms with Gasteiger partial charge >= 0.3 is 0 Å². The lowest BCUT2D eigenvalue weighted by molar-refractivity contribution is -0.116. The molecule has 0 spiro atoms. The van der Waals surface area contributed by atoms with Gasteiger partial charge in [-0.3, -0.25) is 4.79 Å². The maximum Gasteiger partial charge on any atom is 0.231 e. The van der Waals surface area contributed by atoms with E-state index in [0.717, 1.165) is 36.4 Å². The molecule has 1 atom stereocenters. The molecule has 1 unspecified atom stereocenters. The molecule has 0 saturated heterocycles. The number of rotatable bonds is 4. The van der Waals surface area contributed by atoms with E-state index < -0.39 is 0 Å². The summed E-state index contributed by atoms with van der Waals surface area (Å²) in [5, 5.41) is 2.93. The standard InChI is InChI=1S/C16H19NO3/c1-2-3-4-5-6-11-7-16(18)17-13-9-15-14(8-12(11)13)19-10-20-15/h3-4,8-9,11H,2,5-7,10H2,1H3,(H,17,18). The molecule has 1 aromatic rings. The molecule has 1 aromatic carbocycles. The molecular weight excluding hydrogens is 254 g/mol. The average Bonchev–Trinajstić information content (AvgIpc) is 2.88. The molecule has 0 aliphatic carbocycles. The number of allylic oxidation sites excluding steroid dienone is 2. The molecule has 0 aromatic heterocycles. The third-order valence-corrected chi connectivity index (χ3v) is 3.77. The van der Waals surface area contributed by atoms with E-state index >= 15 is 0 Å². The first-order chi connectivity index (χ1) is 9.78. The highest BCUT2D eigenvalue weighted by molar-refractivity contribution is 5.95. The number of carbonyl (C=O) groups excluding carboxylic acids is 1. The molecule has 0 bridgehead atoms. The van der Waals surface area contributed by atoms with Crippen molar-refractivity contribution in [3.05, 3.63) is 29.8 Å². The van der Waals surface area contributed by atoms with Crippen molar-refractivity contribution >= 4 is 11.6 Å². The summed E-state index contributed by atoms with van der Waals surface area (Å²) in [7, 11) is 0. The maximum atomic E-state index is 11.8. The van der Waals surface area contributed by atoms with Crippen molar-refractivity contribution in [3.63, 3.8) is 0 Å². The lowest BCUT2D eigenvalue weighted by Crippen LogP contribution is -2.22. The monoisotopic (exact) mass is 273 g/mol. The molecule has 1 N–H and O–H groups in total. The molecule has 20 heavy (non-hydrogen) atoms. The first kappa shape index (κ1) is 13.0. The molecule has 0 fully saturated rings. The predicted octanol–water partition coefficient (Wildman–Crippen LogP) is 3.59. The Morgan fingerprint density at radius 2 is 2.10 bits per heavy atom. The SMILES string of the molecule is CCC=CCCC1CC(=O)Nc2cc3c(cc21)OCO3. The van der Waals surface area contributed by atoms with Gasteiger partial charge < -0.3 is 14.8 Å². The van der Waals surface area contributed by atoms with E-state index in [1.54, 1.807) is 0 Å². The van der Waals surface area contributed by atoms with E-state index in [0.29, 0.717) is 6.42 Å². The molecule has 2 heterocycles. The fraction of sp³-hybridized carbons (Fsp3) is 0.438. The van der Waals surface area contributed by atoms with Crippen LogP contribution in [-0.2, 0) is 4.79 Å². The molecule has 4 nitrogen and oxygen atoms in total. The van der Waals surface area contributed by atoms with Crippen molar-refractivity contribution in [1.82, 2.24) is 0 Å². The zero-order valence-corrected chi connectivity index (χ0v) is 11.6. The van der Waals surface area contributed by atoms with Crippen LogP contribution in [0.1, 0.15) is 44.1 Å². The van der Waals surface area contributed by atoms with Gasteiger partial charge in [0.15, 0.2) is 11.5 Å². The Morgan fingerprint density at radius 3 is 2.90 bits per heavy atom. The summed E-state index contributed by atoms with van der Waals surface area (Å²) >= 11 is 0. The second-order valence-electron chi connectivity index (χ2n) is 5.20. The second kappa shape index (κ2) is 5.57. The number of carbonyl (C=O) groups is 1. The lowest BCUT2D eigenvalue weighted by atomic mass is 9.86. The zero-order valence-electron chi connectivity index (χ0n) is 11.6. The maximum absolute atomic E-state index is 11.8. The van der Waals surface area contributed by atoms with Crippen molar-refractivity contribution in [2.75, 3.05) is 12.1 Å². The zero-order chi connectivity index (χ0) is 13.9. The van der Waals surface area contributed by atoms with Gasteiger partial charge in [0.1, 0.15) is 0 Å². The number of fused-ring (bicyclic) bond motifs is 2. The number of anilines is 1. The summed E-state index contributed by atoms with van der Waals surface area (Å²) in [5.41, 5.74) is 2.04. The molecule has 0 radical (unpaired) electrons. The predicted molar refractivity (Wildman–Crippen MR) is 77.2 cm³/mol. The Labute approximate surface area is 118 Å². The summed E-state index contributed by atoms with van der Waals surface area (Å²) in [6.45, 7) is 2.39. The summed E-state index contributed by atoms with van der Waals surface area (Å²) < 4.78 is 10.8. The van der Waals surface area contributed by atoms with E-state index in [1.165, 1.54) is 5.56 Å². The van der Waals surface area contributed by atoms with Crippen LogP contribution in [0.5, 0.6) is 11.5 Å². The van der Waals surface area contributed by atoms with Crippen LogP contribution >= 0.6 is 0 Å². The fourth-order valence-electron chi connectivity index (χ4n) is 2.78. The first-order valence-corrected chi connectivity index (χ1v) is 7.16. The van der Waals surface area contributed by atoms with Crippen LogP contribution in [-0.4, -0.2) is 12.7 Å². The minimum absolute atomic E-state index is 0.0841. The molecule has 3 rings (SSSR count). The van der Waals surface area contributed by atoms with Crippen molar-refractivity contribution < 1.29 is 14.3 Å². The Bertz CT molecular complexity index is 551. The molecule has 2 aliphatic rings. The van der Waals surface area contributed by atoms with Crippen LogP contribution in [0.15, 0.2) is 24.3 Å². The van der Waals surface area contributed by atoms with Gasteiger partial charge in [0.05, 0.1) is 0 Å². The van der Waals surface area contributed by atoms with E-state index in [1.807, 2.05) is 12.1 Å². The van der Waals surface area contributed by atoms with Crippen LogP contribution in [0.25, 0.3) is 0 Å². The van der Waals surface area contributed by atoms with Crippen LogP contribution < -0.4 is 14.8 Å². The van der Waals surface area contributed by atoms with Crippen molar-refractivity contribution in [2.24, 2.45) is 0 Å². The smallest absolute Gasteiger partial charge is 0.231 e. The third-order valence-electron chi connectivity index (χ3n) is 3.77. The van der Waals surface area contributed by atoms with E-state index in [4.69, 9.17) is 9.47 Å². The van der Waals surface area contributed by atoms with Gasteiger partial charge in [-0.05, 0) is 36.8 Å². The van der Waals surface area contributed by atoms with Crippen molar-refractivity contribution in [3.8, 4) is 11.5 Å². The highest BCUT2D eigenvalue weighted by atomic mass is 16.7. The van der Waals surface area contributed by atoms with E-state index in [9.17, 15) is 4.79 Å². The molecule has 4 heteroatoms. The largest absolute Gasteiger partial charge is 0.454 e. The number of amides is 1. The summed E-state index contributed by atoms with van der Waals surface area (Å²) in [5.74, 6) is 1.85. The van der Waals surface area contributed by atoms with Gasteiger partial charge in [-0.25, -0.2) is 0 Å². The van der Waals surface area contributed by atoms with Crippen LogP contribution in [0.2, 0.25) is 0 Å². The summed E-state index contributed by atoms with van der Waals surface area (Å²) in [4.78, 5) is 11.8. The van der Waals surface area contributed by atoms with Crippen LogP contribution in [0.3, 0.4) is 0 Å². The van der Waals surface area contributed by atoms with Gasteiger partial charge in [0.25, 0.3) is 0 Å². The summed E-state index contributed by atoms with van der Waals surface area (Å²) in [6, 6.07) is 3.90. The Morgan fingerprint density at radius 1 is 1.30 bits per heavy atom. The molecule has 2 aliphatic heterocycles. The number of ether oxygens (including phenoxy) is 2. The lowest BCUT2D eigenvalue weighted by Gasteiger charge is -2.25. The number of nitrogens with one attached hydrogen (secondary N) is 1. The van der Waals surface area contributed by atoms with Gasteiger partial charge in [-0.15, -0.1) is 0 Å². The van der Waals surface area contributed by atoms with E-state index in [2.05, 4.69) is 24.4 Å². The quantitative estimate of drug-likeness (QED) is 0.853. The van der Waals surface area contributed by atoms with Crippen LogP contribution in [0.4, 0.5) is 5.69 Å². The van der Waals surface area contributed by atoms with Gasteiger partial charge in [-0.1, -0.05) is 19.1 Å². The molecular formula is C16H19NO3. The minimum Gasteiger partial charge on any atom is -0.454 e. The van der Waals surface area contributed by atoms with Gasteiger partial charge in [-0.2, -0.15) is 0 Å². The Hall–Kier alpha value is -1.97. The highest BCUT2D eigenvalue weighted by Gasteiger charge is 2.28. The number of benzene rings is 1. The molecule has 106 valence electrons. The van der Waals surface area contributed by atoms with Gasteiger partial charge in [0.2, 0.25) is 12.7 Å². The normalized spacial score (nSPS) is 20.1.